The molecule has 0 aromatic heterocycles. The summed E-state index contributed by atoms with van der Waals surface area (Å²) in [7, 11) is -3.08. The van der Waals surface area contributed by atoms with E-state index in [1.807, 2.05) is 0 Å². The fourth-order valence-electron chi connectivity index (χ4n) is 1.51. The van der Waals surface area contributed by atoms with Crippen LogP contribution in [0.3, 0.4) is 0 Å². The van der Waals surface area contributed by atoms with Gasteiger partial charge < -0.3 is 0 Å². The normalized spacial score (nSPS) is 21.8. The van der Waals surface area contributed by atoms with E-state index in [9.17, 15) is 8.42 Å². The lowest BCUT2D eigenvalue weighted by Gasteiger charge is -1.97. The van der Waals surface area contributed by atoms with Crippen LogP contribution >= 0.6 is 0 Å². The van der Waals surface area contributed by atoms with Crippen molar-refractivity contribution in [1.82, 2.24) is 0 Å². The van der Waals surface area contributed by atoms with E-state index >= 15 is 0 Å². The maximum Gasteiger partial charge on any atom is 0.172 e. The monoisotopic (exact) mass is 238 g/mol. The molecule has 3 heteroatoms. The first-order valence-corrected chi connectivity index (χ1v) is 7.65. The average molecular weight is 238 g/mol. The Morgan fingerprint density at radius 1 is 0.625 bits per heavy atom. The van der Waals surface area contributed by atoms with Crippen molar-refractivity contribution < 1.29 is 8.42 Å². The minimum Gasteiger partial charge on any atom is -0.227 e. The first-order valence-electron chi connectivity index (χ1n) is 5.82. The summed E-state index contributed by atoms with van der Waals surface area (Å²) in [5.41, 5.74) is 0. The number of hydrogen-bond donors (Lipinski definition) is 0. The summed E-state index contributed by atoms with van der Waals surface area (Å²) in [4.78, 5) is 0. The van der Waals surface area contributed by atoms with Gasteiger partial charge in [-0.05, 0) is 12.8 Å². The quantitative estimate of drug-likeness (QED) is 0.606. The topological polar surface area (TPSA) is 34.1 Å². The van der Waals surface area contributed by atoms with Crippen LogP contribution in [0.4, 0.5) is 0 Å². The minimum atomic E-state index is -3.08. The second-order valence-corrected chi connectivity index (χ2v) is 6.07. The van der Waals surface area contributed by atoms with Crippen LogP contribution in [0.15, 0.2) is 0 Å². The molecule has 0 fully saturated rings. The van der Waals surface area contributed by atoms with Crippen LogP contribution in [0.5, 0.6) is 0 Å². The molecule has 0 saturated carbocycles. The molecule has 0 aliphatic carbocycles. The molecule has 2 nitrogen and oxygen atoms in total. The molecule has 0 N–H and O–H groups in total. The summed E-state index contributed by atoms with van der Waals surface area (Å²) in [5.74, 6) is 11.2. The Bertz CT molecular complexity index is 378. The fourth-order valence-corrected chi connectivity index (χ4v) is 2.25. The lowest BCUT2D eigenvalue weighted by molar-refractivity contribution is 0.602. The second kappa shape index (κ2) is 7.36. The van der Waals surface area contributed by atoms with Crippen LogP contribution in [0.25, 0.3) is 0 Å². The van der Waals surface area contributed by atoms with Crippen molar-refractivity contribution in [3.63, 3.8) is 0 Å². The van der Waals surface area contributed by atoms with E-state index in [2.05, 4.69) is 23.7 Å². The molecule has 0 amide bonds. The first-order chi connectivity index (χ1) is 7.71. The van der Waals surface area contributed by atoms with Crippen molar-refractivity contribution in [3.8, 4) is 23.7 Å². The largest absolute Gasteiger partial charge is 0.227 e. The Balaban J connectivity index is 2.54. The summed E-state index contributed by atoms with van der Waals surface area (Å²) in [5, 5.41) is 0. The highest BCUT2D eigenvalue weighted by Gasteiger charge is 2.05. The molecule has 0 aromatic carbocycles. The van der Waals surface area contributed by atoms with E-state index in [0.29, 0.717) is 0 Å². The molecule has 1 heterocycles. The van der Waals surface area contributed by atoms with E-state index in [1.54, 1.807) is 0 Å². The minimum absolute atomic E-state index is 0.0400. The summed E-state index contributed by atoms with van der Waals surface area (Å²) in [6.07, 6.45) is 7.42. The predicted octanol–water partition coefficient (Wildman–Crippen LogP) is 2.15. The van der Waals surface area contributed by atoms with Crippen LogP contribution in [-0.4, -0.2) is 19.9 Å². The second-order valence-electron chi connectivity index (χ2n) is 4.01. The molecule has 0 spiro atoms. The van der Waals surface area contributed by atoms with Gasteiger partial charge in [0.15, 0.2) is 9.84 Å². The van der Waals surface area contributed by atoms with Crippen LogP contribution < -0.4 is 0 Å². The van der Waals surface area contributed by atoms with Gasteiger partial charge in [-0.1, -0.05) is 31.1 Å². The summed E-state index contributed by atoms with van der Waals surface area (Å²) in [6, 6.07) is 0. The molecule has 16 heavy (non-hydrogen) atoms. The highest BCUT2D eigenvalue weighted by Crippen LogP contribution is 2.06. The third-order valence-corrected chi connectivity index (χ3v) is 3.61. The highest BCUT2D eigenvalue weighted by molar-refractivity contribution is 7.91. The first kappa shape index (κ1) is 13.1. The third-order valence-electron chi connectivity index (χ3n) is 2.44. The van der Waals surface area contributed by atoms with Crippen LogP contribution in [-0.2, 0) is 9.84 Å². The molecule has 1 aliphatic heterocycles. The SMILES string of the molecule is O=S1(=O)CC#CCCCCCCCC#CC1. The molecule has 0 bridgehead atoms. The Hall–Kier alpha value is -0.930. The molecule has 0 radical (unpaired) electrons. The number of hydrogen-bond acceptors (Lipinski definition) is 2. The Labute approximate surface area is 98.7 Å². The van der Waals surface area contributed by atoms with Gasteiger partial charge in [0, 0.05) is 12.8 Å². The van der Waals surface area contributed by atoms with Gasteiger partial charge in [0.2, 0.25) is 0 Å². The predicted molar refractivity (Wildman–Crippen MR) is 66.5 cm³/mol. The standard InChI is InChI=1S/C13H18O2S/c14-16(15)12-10-8-6-4-2-1-3-5-7-9-11-13-16/h1-7,12-13H2. The lowest BCUT2D eigenvalue weighted by atomic mass is 10.1. The van der Waals surface area contributed by atoms with Crippen molar-refractivity contribution in [2.24, 2.45) is 0 Å². The smallest absolute Gasteiger partial charge is 0.172 e. The summed E-state index contributed by atoms with van der Waals surface area (Å²) in [6.45, 7) is 0. The number of sulfone groups is 1. The lowest BCUT2D eigenvalue weighted by Crippen LogP contribution is -2.08. The zero-order valence-corrected chi connectivity index (χ0v) is 10.4. The molecule has 88 valence electrons. The number of rotatable bonds is 0. The zero-order chi connectivity index (χ0) is 11.7. The van der Waals surface area contributed by atoms with E-state index in [4.69, 9.17) is 0 Å². The summed E-state index contributed by atoms with van der Waals surface area (Å²) < 4.78 is 22.9. The maximum atomic E-state index is 11.4. The van der Waals surface area contributed by atoms with Crippen molar-refractivity contribution >= 4 is 9.84 Å². The third kappa shape index (κ3) is 6.53. The maximum absolute atomic E-state index is 11.4. The van der Waals surface area contributed by atoms with Gasteiger partial charge >= 0.3 is 0 Å². The fraction of sp³-hybridized carbons (Fsp3) is 0.692. The Kier molecular flexibility index (Phi) is 6.04. The van der Waals surface area contributed by atoms with Gasteiger partial charge in [-0.15, -0.1) is 11.8 Å². The highest BCUT2D eigenvalue weighted by atomic mass is 32.2. The molecule has 0 unspecified atom stereocenters. The van der Waals surface area contributed by atoms with Crippen molar-refractivity contribution in [1.29, 1.82) is 0 Å². The zero-order valence-electron chi connectivity index (χ0n) is 9.59. The van der Waals surface area contributed by atoms with Gasteiger partial charge in [0.1, 0.15) is 11.5 Å². The Morgan fingerprint density at radius 2 is 1.06 bits per heavy atom. The average Bonchev–Trinajstić information content (AvgIpc) is 2.24. The summed E-state index contributed by atoms with van der Waals surface area (Å²) >= 11 is 0. The molecular formula is C13H18O2S. The molecule has 0 aromatic rings. The van der Waals surface area contributed by atoms with Crippen molar-refractivity contribution in [2.75, 3.05) is 11.5 Å². The van der Waals surface area contributed by atoms with Crippen LogP contribution in [0.2, 0.25) is 0 Å². The van der Waals surface area contributed by atoms with E-state index in [0.717, 1.165) is 25.7 Å². The molecule has 0 atom stereocenters. The molecule has 1 rings (SSSR count). The van der Waals surface area contributed by atoms with Crippen molar-refractivity contribution in [3.05, 3.63) is 0 Å². The van der Waals surface area contributed by atoms with Gasteiger partial charge in [0.05, 0.1) is 0 Å². The van der Waals surface area contributed by atoms with E-state index < -0.39 is 9.84 Å². The Morgan fingerprint density at radius 3 is 1.56 bits per heavy atom. The van der Waals surface area contributed by atoms with Gasteiger partial charge in [-0.3, -0.25) is 0 Å². The molecular weight excluding hydrogens is 220 g/mol. The van der Waals surface area contributed by atoms with Gasteiger partial charge in [0.25, 0.3) is 0 Å². The molecule has 0 saturated heterocycles. The van der Waals surface area contributed by atoms with Gasteiger partial charge in [-0.25, -0.2) is 8.42 Å². The van der Waals surface area contributed by atoms with E-state index in [-0.39, 0.29) is 11.5 Å². The van der Waals surface area contributed by atoms with Crippen LogP contribution in [0.1, 0.15) is 44.9 Å². The molecule has 1 aliphatic rings. The van der Waals surface area contributed by atoms with Gasteiger partial charge in [-0.2, -0.15) is 0 Å². The van der Waals surface area contributed by atoms with E-state index in [1.165, 1.54) is 19.3 Å². The van der Waals surface area contributed by atoms with Crippen LogP contribution in [0, 0.1) is 23.7 Å². The van der Waals surface area contributed by atoms with Crippen molar-refractivity contribution in [2.45, 2.75) is 44.9 Å².